The first-order chi connectivity index (χ1) is 15.7. The maximum Gasteiger partial charge on any atom is 0.324 e. The summed E-state index contributed by atoms with van der Waals surface area (Å²) in [4.78, 5) is 29.2. The molecule has 2 N–H and O–H groups in total. The van der Waals surface area contributed by atoms with Crippen molar-refractivity contribution in [2.75, 3.05) is 24.5 Å². The molecule has 164 valence electrons. The number of rotatable bonds is 6. The van der Waals surface area contributed by atoms with E-state index in [0.717, 1.165) is 48.3 Å². The zero-order chi connectivity index (χ0) is 22.3. The quantitative estimate of drug-likeness (QED) is 0.556. The van der Waals surface area contributed by atoms with Crippen LogP contribution in [0.2, 0.25) is 0 Å². The highest BCUT2D eigenvalue weighted by molar-refractivity contribution is 5.97. The number of benzene rings is 3. The lowest BCUT2D eigenvalue weighted by atomic mass is 10.0. The molecule has 1 aliphatic rings. The minimum atomic E-state index is -0.0895. The number of ketones is 1. The smallest absolute Gasteiger partial charge is 0.324 e. The molecule has 1 saturated heterocycles. The third-order valence-electron chi connectivity index (χ3n) is 5.92. The molecule has 0 radical (unpaired) electrons. The molecule has 1 heterocycles. The molecule has 3 aromatic rings. The Morgan fingerprint density at radius 1 is 0.812 bits per heavy atom. The Morgan fingerprint density at radius 2 is 1.50 bits per heavy atom. The number of piperidine rings is 1. The number of nitrogens with two attached hydrogens (primary N) is 1. The second-order valence-corrected chi connectivity index (χ2v) is 8.16. The van der Waals surface area contributed by atoms with Crippen LogP contribution < -0.4 is 10.6 Å². The second-order valence-electron chi connectivity index (χ2n) is 8.16. The van der Waals surface area contributed by atoms with Crippen molar-refractivity contribution in [1.82, 2.24) is 4.90 Å². The van der Waals surface area contributed by atoms with E-state index in [9.17, 15) is 9.59 Å². The van der Waals surface area contributed by atoms with Crippen molar-refractivity contribution < 1.29 is 9.59 Å². The van der Waals surface area contributed by atoms with E-state index in [2.05, 4.69) is 24.3 Å². The molecule has 1 fully saturated rings. The molecule has 0 atom stereocenters. The average molecular weight is 428 g/mol. The van der Waals surface area contributed by atoms with E-state index >= 15 is 0 Å². The zero-order valence-electron chi connectivity index (χ0n) is 18.2. The Bertz CT molecular complexity index is 1060. The number of carbonyl (C=O) groups is 2. The summed E-state index contributed by atoms with van der Waals surface area (Å²) in [6, 6.07) is 25.7. The lowest BCUT2D eigenvalue weighted by Gasteiger charge is -2.33. The SMILES string of the molecule is NCC(=O)c1ccc(CN(C(=O)N2CCCCC2)c2cccc(-c3ccccc3)c2)cc1. The van der Waals surface area contributed by atoms with Gasteiger partial charge >= 0.3 is 6.03 Å². The molecule has 0 unspecified atom stereocenters. The monoisotopic (exact) mass is 427 g/mol. The molecule has 5 heteroatoms. The van der Waals surface area contributed by atoms with Gasteiger partial charge in [-0.1, -0.05) is 66.7 Å². The number of carbonyl (C=O) groups excluding carboxylic acids is 2. The van der Waals surface area contributed by atoms with Crippen LogP contribution in [0, 0.1) is 0 Å². The Morgan fingerprint density at radius 3 is 2.19 bits per heavy atom. The Hall–Kier alpha value is -3.44. The van der Waals surface area contributed by atoms with Crippen LogP contribution in [0.25, 0.3) is 11.1 Å². The summed E-state index contributed by atoms with van der Waals surface area (Å²) in [5.41, 5.74) is 10.1. The second kappa shape index (κ2) is 10.2. The van der Waals surface area contributed by atoms with Gasteiger partial charge in [-0.05, 0) is 48.1 Å². The van der Waals surface area contributed by atoms with Gasteiger partial charge in [-0.2, -0.15) is 0 Å². The van der Waals surface area contributed by atoms with Crippen molar-refractivity contribution in [3.05, 3.63) is 90.0 Å². The van der Waals surface area contributed by atoms with E-state index in [1.165, 1.54) is 6.42 Å². The fraction of sp³-hybridized carbons (Fsp3) is 0.259. The molecule has 0 aromatic heterocycles. The number of likely N-dealkylation sites (tertiary alicyclic amines) is 1. The predicted molar refractivity (Wildman–Crippen MR) is 129 cm³/mol. The van der Waals surface area contributed by atoms with Crippen molar-refractivity contribution in [1.29, 1.82) is 0 Å². The molecule has 0 spiro atoms. The fourth-order valence-corrected chi connectivity index (χ4v) is 4.11. The summed E-state index contributed by atoms with van der Waals surface area (Å²) in [5.74, 6) is -0.0895. The van der Waals surface area contributed by atoms with Crippen LogP contribution in [0.5, 0.6) is 0 Å². The van der Waals surface area contributed by atoms with Gasteiger partial charge in [0.05, 0.1) is 13.1 Å². The first kappa shape index (κ1) is 21.8. The van der Waals surface area contributed by atoms with Crippen LogP contribution in [0.15, 0.2) is 78.9 Å². The molecule has 3 aromatic carbocycles. The first-order valence-electron chi connectivity index (χ1n) is 11.2. The maximum absolute atomic E-state index is 13.6. The fourth-order valence-electron chi connectivity index (χ4n) is 4.11. The predicted octanol–water partition coefficient (Wildman–Crippen LogP) is 5.11. The highest BCUT2D eigenvalue weighted by Crippen LogP contribution is 2.27. The van der Waals surface area contributed by atoms with Crippen LogP contribution in [0.1, 0.15) is 35.2 Å². The number of hydrogen-bond donors (Lipinski definition) is 1. The van der Waals surface area contributed by atoms with Crippen LogP contribution in [-0.4, -0.2) is 36.3 Å². The first-order valence-corrected chi connectivity index (χ1v) is 11.2. The van der Waals surface area contributed by atoms with E-state index in [0.29, 0.717) is 12.1 Å². The molecule has 1 aliphatic heterocycles. The number of amides is 2. The molecule has 0 aliphatic carbocycles. The van der Waals surface area contributed by atoms with Crippen molar-refractivity contribution in [2.45, 2.75) is 25.8 Å². The van der Waals surface area contributed by atoms with E-state index in [1.807, 2.05) is 52.3 Å². The largest absolute Gasteiger partial charge is 0.324 e. The molecule has 0 bridgehead atoms. The molecule has 32 heavy (non-hydrogen) atoms. The lowest BCUT2D eigenvalue weighted by molar-refractivity contribution is 0.100. The van der Waals surface area contributed by atoms with Crippen LogP contribution in [-0.2, 0) is 6.54 Å². The average Bonchev–Trinajstić information content (AvgIpc) is 2.88. The summed E-state index contributed by atoms with van der Waals surface area (Å²) in [5, 5.41) is 0. The number of Topliss-reactive ketones (excluding diaryl/α,β-unsaturated/α-hetero) is 1. The highest BCUT2D eigenvalue weighted by atomic mass is 16.2. The van der Waals surface area contributed by atoms with E-state index in [4.69, 9.17) is 5.73 Å². The number of urea groups is 1. The van der Waals surface area contributed by atoms with Gasteiger partial charge < -0.3 is 10.6 Å². The lowest BCUT2D eigenvalue weighted by Crippen LogP contribution is -2.45. The molecule has 0 saturated carbocycles. The van der Waals surface area contributed by atoms with Crippen LogP contribution in [0.4, 0.5) is 10.5 Å². The molecule has 4 rings (SSSR count). The van der Waals surface area contributed by atoms with E-state index in [-0.39, 0.29) is 18.4 Å². The molecule has 5 nitrogen and oxygen atoms in total. The van der Waals surface area contributed by atoms with Crippen molar-refractivity contribution in [2.24, 2.45) is 5.73 Å². The minimum absolute atomic E-state index is 0.00873. The summed E-state index contributed by atoms with van der Waals surface area (Å²) >= 11 is 0. The third-order valence-corrected chi connectivity index (χ3v) is 5.92. The van der Waals surface area contributed by atoms with Crippen LogP contribution in [0.3, 0.4) is 0 Å². The van der Waals surface area contributed by atoms with Crippen molar-refractivity contribution in [3.63, 3.8) is 0 Å². The van der Waals surface area contributed by atoms with Gasteiger partial charge in [-0.25, -0.2) is 4.79 Å². The standard InChI is InChI=1S/C27H29N3O2/c28-19-26(31)23-14-12-21(13-15-23)20-30(27(32)29-16-5-2-6-17-29)25-11-7-10-24(18-25)22-8-3-1-4-9-22/h1,3-4,7-15,18H,2,5-6,16-17,19-20,28H2. The summed E-state index contributed by atoms with van der Waals surface area (Å²) in [6.07, 6.45) is 3.25. The van der Waals surface area contributed by atoms with Gasteiger partial charge in [0.1, 0.15) is 0 Å². The molecular formula is C27H29N3O2. The number of hydrogen-bond acceptors (Lipinski definition) is 3. The van der Waals surface area contributed by atoms with E-state index in [1.54, 1.807) is 12.1 Å². The normalized spacial score (nSPS) is 13.6. The molecule has 2 amide bonds. The van der Waals surface area contributed by atoms with E-state index < -0.39 is 0 Å². The Labute approximate surface area is 189 Å². The zero-order valence-corrected chi connectivity index (χ0v) is 18.2. The highest BCUT2D eigenvalue weighted by Gasteiger charge is 2.24. The van der Waals surface area contributed by atoms with Crippen molar-refractivity contribution >= 4 is 17.5 Å². The topological polar surface area (TPSA) is 66.6 Å². The van der Waals surface area contributed by atoms with Crippen LogP contribution >= 0.6 is 0 Å². The summed E-state index contributed by atoms with van der Waals surface area (Å²) in [6.45, 7) is 2.01. The maximum atomic E-state index is 13.6. The van der Waals surface area contributed by atoms with Gasteiger partial charge in [0.2, 0.25) is 0 Å². The Balaban J connectivity index is 1.65. The van der Waals surface area contributed by atoms with Gasteiger partial charge in [0.15, 0.2) is 5.78 Å². The number of anilines is 1. The van der Waals surface area contributed by atoms with Gasteiger partial charge in [0, 0.05) is 24.3 Å². The third kappa shape index (κ3) is 5.06. The number of nitrogens with zero attached hydrogens (tertiary/aromatic N) is 2. The minimum Gasteiger partial charge on any atom is -0.324 e. The van der Waals surface area contributed by atoms with Gasteiger partial charge in [-0.15, -0.1) is 0 Å². The van der Waals surface area contributed by atoms with Gasteiger partial charge in [0.25, 0.3) is 0 Å². The summed E-state index contributed by atoms with van der Waals surface area (Å²) in [7, 11) is 0. The Kier molecular flexibility index (Phi) is 6.97. The summed E-state index contributed by atoms with van der Waals surface area (Å²) < 4.78 is 0. The molecular weight excluding hydrogens is 398 g/mol. The van der Waals surface area contributed by atoms with Crippen molar-refractivity contribution in [3.8, 4) is 11.1 Å². The van der Waals surface area contributed by atoms with Gasteiger partial charge in [-0.3, -0.25) is 9.69 Å².